The van der Waals surface area contributed by atoms with Crippen LogP contribution in [0.25, 0.3) is 0 Å². The predicted molar refractivity (Wildman–Crippen MR) is 67.0 cm³/mol. The van der Waals surface area contributed by atoms with Crippen molar-refractivity contribution in [1.29, 1.82) is 0 Å². The zero-order chi connectivity index (χ0) is 12.6. The van der Waals surface area contributed by atoms with Crippen LogP contribution in [0.4, 0.5) is 0 Å². The number of thiazole rings is 1. The average Bonchev–Trinajstić information content (AvgIpc) is 2.67. The average molecular weight is 272 g/mol. The van der Waals surface area contributed by atoms with E-state index in [4.69, 9.17) is 11.6 Å². The van der Waals surface area contributed by atoms with E-state index in [-0.39, 0.29) is 17.3 Å². The second-order valence-electron chi connectivity index (χ2n) is 3.63. The molecule has 17 heavy (non-hydrogen) atoms. The fraction of sp³-hybridized carbons (Fsp3) is 0.300. The summed E-state index contributed by atoms with van der Waals surface area (Å²) in [5.41, 5.74) is -0.565. The van der Waals surface area contributed by atoms with Crippen molar-refractivity contribution < 1.29 is 0 Å². The summed E-state index contributed by atoms with van der Waals surface area (Å²) in [6.45, 7) is 3.66. The van der Waals surface area contributed by atoms with E-state index in [2.05, 4.69) is 9.97 Å². The van der Waals surface area contributed by atoms with Gasteiger partial charge in [-0.25, -0.2) is 9.78 Å². The first-order valence-corrected chi connectivity index (χ1v) is 6.09. The Hall–Kier alpha value is -1.40. The smallest absolute Gasteiger partial charge is 0.297 e. The van der Waals surface area contributed by atoms with Crippen molar-refractivity contribution in [3.05, 3.63) is 47.6 Å². The van der Waals surface area contributed by atoms with E-state index in [1.165, 1.54) is 11.3 Å². The van der Waals surface area contributed by atoms with Gasteiger partial charge in [0.25, 0.3) is 5.56 Å². The molecule has 2 aromatic heterocycles. The second kappa shape index (κ2) is 4.46. The Bertz CT molecular complexity index is 671. The molecule has 2 rings (SSSR count). The van der Waals surface area contributed by atoms with E-state index < -0.39 is 5.69 Å². The van der Waals surface area contributed by atoms with E-state index >= 15 is 0 Å². The molecule has 0 saturated carbocycles. The first-order chi connectivity index (χ1) is 7.99. The van der Waals surface area contributed by atoms with E-state index in [1.807, 2.05) is 6.92 Å². The molecule has 0 amide bonds. The molecule has 7 heteroatoms. The summed E-state index contributed by atoms with van der Waals surface area (Å²) in [4.78, 5) is 31.1. The minimum Gasteiger partial charge on any atom is -0.297 e. The maximum Gasteiger partial charge on any atom is 0.329 e. The van der Waals surface area contributed by atoms with Gasteiger partial charge in [-0.3, -0.25) is 14.3 Å². The summed E-state index contributed by atoms with van der Waals surface area (Å²) in [5.74, 6) is 0. The van der Waals surface area contributed by atoms with Gasteiger partial charge < -0.3 is 0 Å². The molecule has 90 valence electrons. The third-order valence-electron chi connectivity index (χ3n) is 2.32. The number of H-pyrrole nitrogens is 1. The van der Waals surface area contributed by atoms with Gasteiger partial charge in [-0.05, 0) is 13.8 Å². The van der Waals surface area contributed by atoms with Gasteiger partial charge in [0, 0.05) is 16.6 Å². The number of nitrogens with one attached hydrogen (secondary N) is 1. The second-order valence-corrected chi connectivity index (χ2v) is 5.32. The van der Waals surface area contributed by atoms with Gasteiger partial charge in [-0.2, -0.15) is 0 Å². The molecule has 0 radical (unpaired) electrons. The number of aryl methyl sites for hydroxylation is 1. The lowest BCUT2D eigenvalue weighted by molar-refractivity contribution is 0.688. The quantitative estimate of drug-likeness (QED) is 0.838. The first-order valence-electron chi connectivity index (χ1n) is 4.89. The molecule has 0 atom stereocenters. The zero-order valence-corrected chi connectivity index (χ0v) is 10.9. The van der Waals surface area contributed by atoms with E-state index in [9.17, 15) is 9.59 Å². The van der Waals surface area contributed by atoms with Gasteiger partial charge in [-0.15, -0.1) is 11.3 Å². The Kier molecular flexibility index (Phi) is 3.17. The van der Waals surface area contributed by atoms with Crippen molar-refractivity contribution in [2.45, 2.75) is 20.4 Å². The van der Waals surface area contributed by atoms with Crippen LogP contribution < -0.4 is 11.2 Å². The lowest BCUT2D eigenvalue weighted by atomic mass is 10.4. The summed E-state index contributed by atoms with van der Waals surface area (Å²) in [5, 5.41) is 0.809. The largest absolute Gasteiger partial charge is 0.329 e. The maximum absolute atomic E-state index is 11.9. The SMILES string of the molecule is Cc1cnc(Cn2c(=O)[nH]c(Cl)c(C)c2=O)s1. The van der Waals surface area contributed by atoms with Gasteiger partial charge in [0.2, 0.25) is 0 Å². The third-order valence-corrected chi connectivity index (χ3v) is 3.60. The van der Waals surface area contributed by atoms with Crippen molar-refractivity contribution in [2.75, 3.05) is 0 Å². The maximum atomic E-state index is 11.9. The number of rotatable bonds is 2. The van der Waals surface area contributed by atoms with Crippen molar-refractivity contribution in [2.24, 2.45) is 0 Å². The molecular weight excluding hydrogens is 262 g/mol. The number of hydrogen-bond donors (Lipinski definition) is 1. The van der Waals surface area contributed by atoms with Crippen LogP contribution in [0, 0.1) is 13.8 Å². The summed E-state index contributed by atoms with van der Waals surface area (Å²) in [6, 6.07) is 0. The third kappa shape index (κ3) is 2.32. The molecule has 0 bridgehead atoms. The van der Waals surface area contributed by atoms with Crippen LogP contribution in [0.15, 0.2) is 15.8 Å². The molecule has 5 nitrogen and oxygen atoms in total. The van der Waals surface area contributed by atoms with Gasteiger partial charge in [0.05, 0.1) is 6.54 Å². The van der Waals surface area contributed by atoms with Crippen LogP contribution in [-0.4, -0.2) is 14.5 Å². The van der Waals surface area contributed by atoms with Gasteiger partial charge >= 0.3 is 5.69 Å². The molecule has 0 aromatic carbocycles. The van der Waals surface area contributed by atoms with E-state index in [0.717, 1.165) is 14.5 Å². The fourth-order valence-corrected chi connectivity index (χ4v) is 2.33. The number of halogens is 1. The monoisotopic (exact) mass is 271 g/mol. The van der Waals surface area contributed by atoms with Crippen LogP contribution in [-0.2, 0) is 6.54 Å². The minimum absolute atomic E-state index is 0.0894. The normalized spacial score (nSPS) is 10.8. The van der Waals surface area contributed by atoms with Crippen molar-refractivity contribution in [1.82, 2.24) is 14.5 Å². The number of aromatic amines is 1. The van der Waals surface area contributed by atoms with E-state index in [0.29, 0.717) is 5.56 Å². The Balaban J connectivity index is 2.50. The Labute approximate surface area is 106 Å². The van der Waals surface area contributed by atoms with Crippen molar-refractivity contribution >= 4 is 22.9 Å². The zero-order valence-electron chi connectivity index (χ0n) is 9.28. The van der Waals surface area contributed by atoms with Crippen LogP contribution in [0.3, 0.4) is 0 Å². The molecule has 1 N–H and O–H groups in total. The molecule has 0 saturated heterocycles. The Morgan fingerprint density at radius 1 is 1.47 bits per heavy atom. The van der Waals surface area contributed by atoms with Crippen LogP contribution >= 0.6 is 22.9 Å². The summed E-state index contributed by atoms with van der Waals surface area (Å²) >= 11 is 7.17. The summed E-state index contributed by atoms with van der Waals surface area (Å²) < 4.78 is 1.10. The number of nitrogens with zero attached hydrogens (tertiary/aromatic N) is 2. The highest BCUT2D eigenvalue weighted by Crippen LogP contribution is 2.11. The molecule has 0 aliphatic rings. The van der Waals surface area contributed by atoms with Crippen molar-refractivity contribution in [3.63, 3.8) is 0 Å². The lowest BCUT2D eigenvalue weighted by Crippen LogP contribution is -2.36. The number of hydrogen-bond acceptors (Lipinski definition) is 4. The van der Waals surface area contributed by atoms with Crippen LogP contribution in [0.1, 0.15) is 15.4 Å². The summed E-state index contributed by atoms with van der Waals surface area (Å²) in [7, 11) is 0. The van der Waals surface area contributed by atoms with Crippen molar-refractivity contribution in [3.8, 4) is 0 Å². The fourth-order valence-electron chi connectivity index (χ4n) is 1.40. The topological polar surface area (TPSA) is 67.8 Å². The highest BCUT2D eigenvalue weighted by atomic mass is 35.5. The molecule has 0 spiro atoms. The molecule has 0 aliphatic heterocycles. The molecule has 0 unspecified atom stereocenters. The standard InChI is InChI=1S/C10H10ClN3O2S/c1-5-3-12-7(17-5)4-14-9(15)6(2)8(11)13-10(14)16/h3H,4H2,1-2H3,(H,13,16). The lowest BCUT2D eigenvalue weighted by Gasteiger charge is -2.04. The van der Waals surface area contributed by atoms with Crippen LogP contribution in [0.5, 0.6) is 0 Å². The van der Waals surface area contributed by atoms with Crippen LogP contribution in [0.2, 0.25) is 5.15 Å². The highest BCUT2D eigenvalue weighted by Gasteiger charge is 2.10. The van der Waals surface area contributed by atoms with E-state index in [1.54, 1.807) is 13.1 Å². The molecular formula is C10H10ClN3O2S. The molecule has 0 aliphatic carbocycles. The summed E-state index contributed by atoms with van der Waals surface area (Å²) in [6.07, 6.45) is 1.71. The molecule has 2 heterocycles. The van der Waals surface area contributed by atoms with Gasteiger partial charge in [0.1, 0.15) is 10.2 Å². The highest BCUT2D eigenvalue weighted by molar-refractivity contribution is 7.11. The number of aromatic nitrogens is 3. The predicted octanol–water partition coefficient (Wildman–Crippen LogP) is 1.31. The molecule has 0 fully saturated rings. The Morgan fingerprint density at radius 3 is 2.76 bits per heavy atom. The first kappa shape index (κ1) is 12.1. The van der Waals surface area contributed by atoms with Gasteiger partial charge in [-0.1, -0.05) is 11.6 Å². The minimum atomic E-state index is -0.515. The molecule has 2 aromatic rings. The Morgan fingerprint density at radius 2 is 2.18 bits per heavy atom. The van der Waals surface area contributed by atoms with Gasteiger partial charge in [0.15, 0.2) is 0 Å².